The fourth-order valence-electron chi connectivity index (χ4n) is 0.583. The molecule has 3 N–H and O–H groups in total. The van der Waals surface area contributed by atoms with Crippen LogP contribution in [-0.2, 0) is 0 Å². The molecular formula is C6H8N4OS. The number of aromatic nitrogens is 1. The van der Waals surface area contributed by atoms with Crippen LogP contribution in [0.3, 0.4) is 0 Å². The van der Waals surface area contributed by atoms with Crippen molar-refractivity contribution in [1.29, 1.82) is 0 Å². The third-order valence-electron chi connectivity index (χ3n) is 0.987. The van der Waals surface area contributed by atoms with E-state index in [-0.39, 0.29) is 0 Å². The van der Waals surface area contributed by atoms with E-state index in [4.69, 9.17) is 5.73 Å². The second-order valence-electron chi connectivity index (χ2n) is 2.06. The molecular weight excluding hydrogens is 176 g/mol. The third-order valence-corrected chi connectivity index (χ3v) is 1.88. The van der Waals surface area contributed by atoms with E-state index in [1.54, 1.807) is 0 Å². The average Bonchev–Trinajstić information content (AvgIpc) is 2.35. The van der Waals surface area contributed by atoms with Gasteiger partial charge in [0.1, 0.15) is 5.01 Å². The van der Waals surface area contributed by atoms with Gasteiger partial charge in [-0.25, -0.2) is 15.2 Å². The van der Waals surface area contributed by atoms with E-state index >= 15 is 0 Å². The van der Waals surface area contributed by atoms with E-state index < -0.39 is 6.03 Å². The molecule has 0 aromatic carbocycles. The Balaban J connectivity index is 2.52. The lowest BCUT2D eigenvalue weighted by Gasteiger charge is -1.87. The van der Waals surface area contributed by atoms with Crippen LogP contribution in [0.2, 0.25) is 0 Å². The maximum absolute atomic E-state index is 10.2. The second kappa shape index (κ2) is 3.82. The number of rotatable bonds is 2. The average molecular weight is 184 g/mol. The molecule has 6 heteroatoms. The van der Waals surface area contributed by atoms with E-state index in [2.05, 4.69) is 15.5 Å². The Labute approximate surface area is 73.3 Å². The first-order chi connectivity index (χ1) is 5.68. The van der Waals surface area contributed by atoms with Gasteiger partial charge in [0, 0.05) is 11.1 Å². The number of thiazole rings is 1. The number of urea groups is 1. The summed E-state index contributed by atoms with van der Waals surface area (Å²) in [4.78, 5) is 14.3. The molecule has 0 saturated heterocycles. The van der Waals surface area contributed by atoms with Crippen LogP contribution >= 0.6 is 11.3 Å². The number of carbonyl (C=O) groups is 1. The molecule has 1 rings (SSSR count). The molecule has 0 fully saturated rings. The number of amides is 2. The molecule has 0 spiro atoms. The summed E-state index contributed by atoms with van der Waals surface area (Å²) in [6.45, 7) is 1.88. The summed E-state index contributed by atoms with van der Waals surface area (Å²) in [6, 6.07) is -0.681. The van der Waals surface area contributed by atoms with Gasteiger partial charge in [0.2, 0.25) is 0 Å². The van der Waals surface area contributed by atoms with Crippen LogP contribution in [-0.4, -0.2) is 17.2 Å². The maximum atomic E-state index is 10.2. The lowest BCUT2D eigenvalue weighted by atomic mass is 10.6. The van der Waals surface area contributed by atoms with Crippen molar-refractivity contribution < 1.29 is 4.79 Å². The summed E-state index contributed by atoms with van der Waals surface area (Å²) >= 11 is 1.45. The van der Waals surface area contributed by atoms with Gasteiger partial charge in [0.05, 0.1) is 6.21 Å². The van der Waals surface area contributed by atoms with Crippen LogP contribution in [0, 0.1) is 6.92 Å². The van der Waals surface area contributed by atoms with E-state index in [0.717, 1.165) is 10.7 Å². The minimum absolute atomic E-state index is 0.681. The highest BCUT2D eigenvalue weighted by molar-refractivity contribution is 7.11. The molecule has 2 amide bonds. The highest BCUT2D eigenvalue weighted by atomic mass is 32.1. The Bertz CT molecular complexity index is 306. The highest BCUT2D eigenvalue weighted by Crippen LogP contribution is 2.04. The maximum Gasteiger partial charge on any atom is 0.332 e. The zero-order chi connectivity index (χ0) is 8.97. The Kier molecular flexibility index (Phi) is 2.76. The van der Waals surface area contributed by atoms with Crippen molar-refractivity contribution >= 4 is 23.6 Å². The predicted molar refractivity (Wildman–Crippen MR) is 47.2 cm³/mol. The Morgan fingerprint density at radius 3 is 3.17 bits per heavy atom. The molecule has 0 aliphatic rings. The molecule has 64 valence electrons. The first kappa shape index (κ1) is 8.66. The summed E-state index contributed by atoms with van der Waals surface area (Å²) in [6.07, 6.45) is 1.45. The minimum atomic E-state index is -0.681. The number of hydrogen-bond acceptors (Lipinski definition) is 4. The highest BCUT2D eigenvalue weighted by Gasteiger charge is 1.93. The van der Waals surface area contributed by atoms with Gasteiger partial charge >= 0.3 is 6.03 Å². The Morgan fingerprint density at radius 1 is 1.92 bits per heavy atom. The van der Waals surface area contributed by atoms with E-state index in [9.17, 15) is 4.79 Å². The van der Waals surface area contributed by atoms with Gasteiger partial charge in [0.15, 0.2) is 0 Å². The fraction of sp³-hybridized carbons (Fsp3) is 0.167. The number of hydrazone groups is 1. The van der Waals surface area contributed by atoms with Gasteiger partial charge in [-0.05, 0) is 6.92 Å². The summed E-state index contributed by atoms with van der Waals surface area (Å²) in [5.74, 6) is 0. The van der Waals surface area contributed by atoms with Gasteiger partial charge in [-0.3, -0.25) is 0 Å². The van der Waals surface area contributed by atoms with Crippen LogP contribution in [0.25, 0.3) is 0 Å². The molecule has 1 aromatic rings. The number of nitrogens with one attached hydrogen (secondary N) is 1. The number of hydrogen-bond donors (Lipinski definition) is 2. The van der Waals surface area contributed by atoms with Crippen molar-refractivity contribution in [2.75, 3.05) is 0 Å². The summed E-state index contributed by atoms with van der Waals surface area (Å²) in [7, 11) is 0. The predicted octanol–water partition coefficient (Wildman–Crippen LogP) is 0.454. The van der Waals surface area contributed by atoms with E-state index in [1.165, 1.54) is 17.6 Å². The first-order valence-electron chi connectivity index (χ1n) is 3.19. The van der Waals surface area contributed by atoms with Gasteiger partial charge in [0.25, 0.3) is 0 Å². The molecule has 1 heterocycles. The first-order valence-corrected chi connectivity index (χ1v) is 4.07. The van der Waals surface area contributed by atoms with Crippen molar-refractivity contribution in [2.45, 2.75) is 6.92 Å². The van der Waals surface area contributed by atoms with Crippen molar-refractivity contribution in [3.05, 3.63) is 16.1 Å². The molecule has 0 saturated carbocycles. The quantitative estimate of drug-likeness (QED) is 0.517. The number of primary amides is 1. The molecule has 0 aliphatic heterocycles. The van der Waals surface area contributed by atoms with Crippen LogP contribution in [0.1, 0.15) is 10.7 Å². The number of nitrogens with zero attached hydrogens (tertiary/aromatic N) is 2. The van der Waals surface area contributed by atoms with Gasteiger partial charge in [-0.1, -0.05) is 0 Å². The van der Waals surface area contributed by atoms with Crippen LogP contribution in [0.4, 0.5) is 4.79 Å². The largest absolute Gasteiger partial charge is 0.350 e. The SMILES string of the molecule is Cc1csc(C=NNC(N)=O)n1. The third kappa shape index (κ3) is 2.67. The van der Waals surface area contributed by atoms with Gasteiger partial charge < -0.3 is 5.73 Å². The van der Waals surface area contributed by atoms with Crippen molar-refractivity contribution in [3.63, 3.8) is 0 Å². The summed E-state index contributed by atoms with van der Waals surface area (Å²) in [5.41, 5.74) is 7.79. The van der Waals surface area contributed by atoms with Crippen molar-refractivity contribution in [2.24, 2.45) is 10.8 Å². The van der Waals surface area contributed by atoms with Crippen LogP contribution < -0.4 is 11.2 Å². The second-order valence-corrected chi connectivity index (χ2v) is 2.95. The Morgan fingerprint density at radius 2 is 2.67 bits per heavy atom. The molecule has 0 radical (unpaired) electrons. The van der Waals surface area contributed by atoms with Crippen LogP contribution in [0.5, 0.6) is 0 Å². The fourth-order valence-corrected chi connectivity index (χ4v) is 1.24. The molecule has 5 nitrogen and oxygen atoms in total. The lowest BCUT2D eigenvalue weighted by molar-refractivity contribution is 0.249. The standard InChI is InChI=1S/C6H8N4OS/c1-4-3-12-5(9-4)2-8-10-6(7)11/h2-3H,1H3,(H3,7,10,11). The smallest absolute Gasteiger partial charge is 0.332 e. The van der Waals surface area contributed by atoms with Crippen molar-refractivity contribution in [1.82, 2.24) is 10.4 Å². The van der Waals surface area contributed by atoms with Crippen LogP contribution in [0.15, 0.2) is 10.5 Å². The monoisotopic (exact) mass is 184 g/mol. The number of aryl methyl sites for hydroxylation is 1. The molecule has 0 bridgehead atoms. The zero-order valence-electron chi connectivity index (χ0n) is 6.44. The van der Waals surface area contributed by atoms with Gasteiger partial charge in [-0.2, -0.15) is 5.10 Å². The summed E-state index contributed by atoms with van der Waals surface area (Å²) in [5, 5.41) is 6.18. The topological polar surface area (TPSA) is 80.4 Å². The molecule has 0 aliphatic carbocycles. The van der Waals surface area contributed by atoms with Gasteiger partial charge in [-0.15, -0.1) is 11.3 Å². The number of carbonyl (C=O) groups excluding carboxylic acids is 1. The Hall–Kier alpha value is -1.43. The lowest BCUT2D eigenvalue weighted by Crippen LogP contribution is -2.24. The zero-order valence-corrected chi connectivity index (χ0v) is 7.26. The molecule has 0 unspecified atom stereocenters. The molecule has 1 aromatic heterocycles. The van der Waals surface area contributed by atoms with E-state index in [1.807, 2.05) is 12.3 Å². The summed E-state index contributed by atoms with van der Waals surface area (Å²) < 4.78 is 0. The normalized spacial score (nSPS) is 10.4. The van der Waals surface area contributed by atoms with Crippen molar-refractivity contribution in [3.8, 4) is 0 Å². The number of nitrogens with two attached hydrogens (primary N) is 1. The molecule has 0 atom stereocenters. The van der Waals surface area contributed by atoms with E-state index in [0.29, 0.717) is 0 Å². The molecule has 12 heavy (non-hydrogen) atoms. The minimum Gasteiger partial charge on any atom is -0.350 e.